The molecule has 0 spiro atoms. The molecule has 0 aliphatic carbocycles. The van der Waals surface area contributed by atoms with Gasteiger partial charge in [-0.25, -0.2) is 4.98 Å². The number of nitrogens with zero attached hydrogens (tertiary/aromatic N) is 5. The van der Waals surface area contributed by atoms with Crippen LogP contribution in [-0.2, 0) is 23.1 Å². The van der Waals surface area contributed by atoms with Crippen LogP contribution in [0.15, 0.2) is 96.3 Å². The number of imide groups is 1. The first kappa shape index (κ1) is 34.2. The molecule has 4 aromatic heterocycles. The fourth-order valence-electron chi connectivity index (χ4n) is 7.12. The molecule has 1 unspecified atom stereocenters. The van der Waals surface area contributed by atoms with Crippen molar-refractivity contribution in [1.29, 1.82) is 0 Å². The van der Waals surface area contributed by atoms with E-state index in [0.29, 0.717) is 23.1 Å². The molecule has 266 valence electrons. The van der Waals surface area contributed by atoms with Crippen LogP contribution in [0, 0.1) is 18.8 Å². The summed E-state index contributed by atoms with van der Waals surface area (Å²) >= 11 is 0. The minimum Gasteiger partial charge on any atom is -0.340 e. The molecule has 11 heteroatoms. The maximum absolute atomic E-state index is 12.9. The number of carbonyl (C=O) groups excluding carboxylic acids is 3. The minimum absolute atomic E-state index is 0.00216. The van der Waals surface area contributed by atoms with Gasteiger partial charge in [-0.15, -0.1) is 0 Å². The van der Waals surface area contributed by atoms with Gasteiger partial charge in [0, 0.05) is 53.3 Å². The van der Waals surface area contributed by atoms with Crippen molar-refractivity contribution < 1.29 is 14.4 Å². The molecule has 1 fully saturated rings. The van der Waals surface area contributed by atoms with Gasteiger partial charge >= 0.3 is 0 Å². The lowest BCUT2D eigenvalue weighted by Gasteiger charge is -2.22. The molecule has 7 aromatic rings. The highest BCUT2D eigenvalue weighted by Crippen LogP contribution is 2.36. The van der Waals surface area contributed by atoms with Crippen LogP contribution in [0.1, 0.15) is 53.0 Å². The Labute approximate surface area is 310 Å². The van der Waals surface area contributed by atoms with Gasteiger partial charge in [-0.2, -0.15) is 0 Å². The Bertz CT molecular complexity index is 2810. The summed E-state index contributed by atoms with van der Waals surface area (Å²) in [5.74, 6) is 5.08. The fourth-order valence-corrected chi connectivity index (χ4v) is 7.12. The van der Waals surface area contributed by atoms with Crippen LogP contribution in [0.25, 0.3) is 55.1 Å². The lowest BCUT2D eigenvalue weighted by Crippen LogP contribution is -2.41. The van der Waals surface area contributed by atoms with Gasteiger partial charge in [-0.1, -0.05) is 43.0 Å². The summed E-state index contributed by atoms with van der Waals surface area (Å²) in [5, 5.41) is 8.20. The van der Waals surface area contributed by atoms with Crippen molar-refractivity contribution in [2.75, 3.05) is 6.54 Å². The predicted molar refractivity (Wildman–Crippen MR) is 208 cm³/mol. The lowest BCUT2D eigenvalue weighted by atomic mass is 9.93. The standard InChI is InChI=1S/C43H35N7O4/c1-4-26-18-31(32-17-25(2)43(54)49(3)39(32)20-26)30-9-5-8-28-21-35(46-23-33(28)30)29-11-12-34(45-22-29)41(52)44-16-6-7-27-10-13-37-36(19-27)47-24-50(37)38-14-15-40(51)48-42(38)53/h5,8-13,17-24,38H,4,14-16H2,1-3H3,(H,44,52)(H,48,51,53). The maximum atomic E-state index is 12.9. The van der Waals surface area contributed by atoms with Crippen molar-refractivity contribution in [3.63, 3.8) is 0 Å². The first-order chi connectivity index (χ1) is 26.2. The van der Waals surface area contributed by atoms with Crippen molar-refractivity contribution >= 4 is 50.4 Å². The lowest BCUT2D eigenvalue weighted by molar-refractivity contribution is -0.135. The third kappa shape index (κ3) is 6.28. The second-order valence-corrected chi connectivity index (χ2v) is 13.5. The van der Waals surface area contributed by atoms with Crippen molar-refractivity contribution in [1.82, 2.24) is 34.7 Å². The Morgan fingerprint density at radius 3 is 2.59 bits per heavy atom. The number of piperidine rings is 1. The monoisotopic (exact) mass is 713 g/mol. The second-order valence-electron chi connectivity index (χ2n) is 13.5. The minimum atomic E-state index is -0.486. The maximum Gasteiger partial charge on any atom is 0.270 e. The highest BCUT2D eigenvalue weighted by atomic mass is 16.2. The number of hydrogen-bond acceptors (Lipinski definition) is 7. The van der Waals surface area contributed by atoms with E-state index in [9.17, 15) is 19.2 Å². The normalized spacial score (nSPS) is 14.2. The summed E-state index contributed by atoms with van der Waals surface area (Å²) in [7, 11) is 1.82. The van der Waals surface area contributed by atoms with Gasteiger partial charge in [-0.05, 0) is 90.4 Å². The van der Waals surface area contributed by atoms with E-state index in [1.807, 2.05) is 62.6 Å². The fraction of sp³-hybridized carbons (Fsp3) is 0.186. The molecule has 2 N–H and O–H groups in total. The van der Waals surface area contributed by atoms with Crippen molar-refractivity contribution in [3.05, 3.63) is 124 Å². The van der Waals surface area contributed by atoms with E-state index in [-0.39, 0.29) is 41.9 Å². The van der Waals surface area contributed by atoms with Crippen molar-refractivity contribution in [2.45, 2.75) is 39.2 Å². The number of pyridine rings is 3. The molecular formula is C43H35N7O4. The number of amides is 3. The molecule has 0 bridgehead atoms. The molecule has 1 aliphatic rings. The highest BCUT2D eigenvalue weighted by molar-refractivity contribution is 6.05. The summed E-state index contributed by atoms with van der Waals surface area (Å²) in [6.07, 6.45) is 6.67. The van der Waals surface area contributed by atoms with E-state index in [1.54, 1.807) is 27.7 Å². The largest absolute Gasteiger partial charge is 0.340 e. The second kappa shape index (κ2) is 13.9. The van der Waals surface area contributed by atoms with E-state index in [4.69, 9.17) is 4.98 Å². The third-order valence-electron chi connectivity index (χ3n) is 10.0. The van der Waals surface area contributed by atoms with Gasteiger partial charge in [0.2, 0.25) is 11.8 Å². The predicted octanol–water partition coefficient (Wildman–Crippen LogP) is 5.80. The van der Waals surface area contributed by atoms with E-state index in [0.717, 1.165) is 61.6 Å². The summed E-state index contributed by atoms with van der Waals surface area (Å²) < 4.78 is 3.51. The average molecular weight is 714 g/mol. The number of aryl methyl sites for hydroxylation is 3. The molecular weight excluding hydrogens is 679 g/mol. The van der Waals surface area contributed by atoms with E-state index >= 15 is 0 Å². The molecule has 54 heavy (non-hydrogen) atoms. The molecule has 1 saturated heterocycles. The van der Waals surface area contributed by atoms with Gasteiger partial charge in [0.1, 0.15) is 11.7 Å². The summed E-state index contributed by atoms with van der Waals surface area (Å²) in [5.41, 5.74) is 8.79. The number of fused-ring (bicyclic) bond motifs is 3. The molecule has 5 heterocycles. The van der Waals surface area contributed by atoms with Crippen LogP contribution in [0.2, 0.25) is 0 Å². The first-order valence-corrected chi connectivity index (χ1v) is 17.7. The highest BCUT2D eigenvalue weighted by Gasteiger charge is 2.29. The molecule has 3 aromatic carbocycles. The zero-order valence-corrected chi connectivity index (χ0v) is 29.9. The van der Waals surface area contributed by atoms with Crippen LogP contribution in [-0.4, -0.2) is 48.4 Å². The Kier molecular flexibility index (Phi) is 8.79. The number of benzene rings is 3. The third-order valence-corrected chi connectivity index (χ3v) is 10.0. The van der Waals surface area contributed by atoms with E-state index in [2.05, 4.69) is 63.6 Å². The number of carbonyl (C=O) groups is 3. The number of rotatable bonds is 6. The Hall–Kier alpha value is -6.93. The zero-order valence-electron chi connectivity index (χ0n) is 29.9. The Morgan fingerprint density at radius 2 is 1.80 bits per heavy atom. The van der Waals surface area contributed by atoms with E-state index < -0.39 is 6.04 Å². The topological polar surface area (TPSA) is 141 Å². The van der Waals surface area contributed by atoms with Crippen LogP contribution in [0.3, 0.4) is 0 Å². The Balaban J connectivity index is 0.963. The SMILES string of the molecule is CCc1cc(-c2cccc3cc(-c4ccc(C(=O)NCC#Cc5ccc6c(c5)ncn6C5CCC(=O)NC5=O)nc4)ncc23)c2cc(C)c(=O)n(C)c2c1. The van der Waals surface area contributed by atoms with Crippen LogP contribution in [0.4, 0.5) is 0 Å². The molecule has 1 aliphatic heterocycles. The number of nitrogens with one attached hydrogen (secondary N) is 2. The quantitative estimate of drug-likeness (QED) is 0.164. The van der Waals surface area contributed by atoms with E-state index in [1.165, 1.54) is 0 Å². The van der Waals surface area contributed by atoms with Gasteiger partial charge in [0.25, 0.3) is 11.5 Å². The molecule has 0 radical (unpaired) electrons. The number of imidazole rings is 1. The van der Waals surface area contributed by atoms with Crippen molar-refractivity contribution in [2.24, 2.45) is 7.05 Å². The number of hydrogen-bond donors (Lipinski definition) is 2. The molecule has 3 amide bonds. The molecule has 0 saturated carbocycles. The smallest absolute Gasteiger partial charge is 0.270 e. The van der Waals surface area contributed by atoms with Crippen LogP contribution >= 0.6 is 0 Å². The first-order valence-electron chi connectivity index (χ1n) is 17.7. The molecule has 8 rings (SSSR count). The summed E-state index contributed by atoms with van der Waals surface area (Å²) in [6, 6.07) is 23.0. The average Bonchev–Trinajstić information content (AvgIpc) is 3.61. The molecule has 11 nitrogen and oxygen atoms in total. The Morgan fingerprint density at radius 1 is 0.926 bits per heavy atom. The van der Waals surface area contributed by atoms with Gasteiger partial charge < -0.3 is 14.5 Å². The van der Waals surface area contributed by atoms with Crippen LogP contribution < -0.4 is 16.2 Å². The van der Waals surface area contributed by atoms with Gasteiger partial charge in [0.15, 0.2) is 0 Å². The van der Waals surface area contributed by atoms with Gasteiger partial charge in [-0.3, -0.25) is 34.5 Å². The van der Waals surface area contributed by atoms with Gasteiger partial charge in [0.05, 0.1) is 35.1 Å². The summed E-state index contributed by atoms with van der Waals surface area (Å²) in [4.78, 5) is 63.2. The zero-order chi connectivity index (χ0) is 37.5. The van der Waals surface area contributed by atoms with Crippen LogP contribution in [0.5, 0.6) is 0 Å². The summed E-state index contributed by atoms with van der Waals surface area (Å²) in [6.45, 7) is 4.08. The van der Waals surface area contributed by atoms with Crippen molar-refractivity contribution in [3.8, 4) is 34.2 Å². The molecule has 1 atom stereocenters. The number of aromatic nitrogens is 5.